The summed E-state index contributed by atoms with van der Waals surface area (Å²) in [7, 11) is 1.44. The van der Waals surface area contributed by atoms with Crippen molar-refractivity contribution in [2.45, 2.75) is 83.5 Å². The zero-order chi connectivity index (χ0) is 29.7. The first-order valence-corrected chi connectivity index (χ1v) is 14.8. The fraction of sp³-hybridized carbons (Fsp3) is 0.586. The van der Waals surface area contributed by atoms with Crippen LogP contribution in [0.15, 0.2) is 23.8 Å². The summed E-state index contributed by atoms with van der Waals surface area (Å²) in [6.07, 6.45) is 4.65. The number of hydrogen-bond acceptors (Lipinski definition) is 8. The summed E-state index contributed by atoms with van der Waals surface area (Å²) in [5.74, 6) is -0.0253. The van der Waals surface area contributed by atoms with Crippen LogP contribution in [0.1, 0.15) is 75.6 Å². The molecule has 0 spiro atoms. The van der Waals surface area contributed by atoms with Crippen molar-refractivity contribution in [2.75, 3.05) is 26.8 Å². The molecule has 3 N–H and O–H groups in total. The van der Waals surface area contributed by atoms with E-state index in [2.05, 4.69) is 12.2 Å². The van der Waals surface area contributed by atoms with Crippen molar-refractivity contribution in [3.8, 4) is 11.5 Å². The monoisotopic (exact) mass is 672 g/mol. The van der Waals surface area contributed by atoms with Gasteiger partial charge in [0.25, 0.3) is 0 Å². The first kappa shape index (κ1) is 33.7. The van der Waals surface area contributed by atoms with Crippen LogP contribution in [0.2, 0.25) is 0 Å². The van der Waals surface area contributed by atoms with Gasteiger partial charge in [0.2, 0.25) is 11.8 Å². The number of nitrogens with one attached hydrogen (secondary N) is 1. The van der Waals surface area contributed by atoms with E-state index in [0.29, 0.717) is 45.5 Å². The predicted molar refractivity (Wildman–Crippen MR) is 158 cm³/mol. The Hall–Kier alpha value is -2.51. The molecule has 3 atom stereocenters. The van der Waals surface area contributed by atoms with Crippen LogP contribution in [-0.4, -0.2) is 84.1 Å². The number of ketones is 1. The second-order valence-corrected chi connectivity index (χ2v) is 11.0. The van der Waals surface area contributed by atoms with Crippen molar-refractivity contribution in [1.29, 1.82) is 0 Å². The molecular formula is C29H41IN2O8. The van der Waals surface area contributed by atoms with Gasteiger partial charge in [-0.1, -0.05) is 26.2 Å². The lowest BCUT2D eigenvalue weighted by Crippen LogP contribution is -2.55. The van der Waals surface area contributed by atoms with Crippen LogP contribution in [0.4, 0.5) is 0 Å². The summed E-state index contributed by atoms with van der Waals surface area (Å²) < 4.78 is 12.2. The van der Waals surface area contributed by atoms with Gasteiger partial charge in [-0.3, -0.25) is 14.4 Å². The number of aliphatic hydroxyl groups excluding tert-OH is 2. The van der Waals surface area contributed by atoms with Crippen molar-refractivity contribution < 1.29 is 38.9 Å². The van der Waals surface area contributed by atoms with E-state index < -0.39 is 24.2 Å². The van der Waals surface area contributed by atoms with Crippen LogP contribution in [0.3, 0.4) is 0 Å². The van der Waals surface area contributed by atoms with E-state index in [1.54, 1.807) is 11.0 Å². The van der Waals surface area contributed by atoms with Crippen molar-refractivity contribution >= 4 is 46.5 Å². The maximum Gasteiger partial charge on any atom is 0.247 e. The summed E-state index contributed by atoms with van der Waals surface area (Å²) in [4.78, 5) is 50.8. The highest BCUT2D eigenvalue weighted by Crippen LogP contribution is 2.37. The lowest BCUT2D eigenvalue weighted by Gasteiger charge is -2.41. The number of carbonyl (C=O) groups is 4. The number of hydrogen-bond donors (Lipinski definition) is 3. The summed E-state index contributed by atoms with van der Waals surface area (Å²) in [6, 6.07) is 2.39. The van der Waals surface area contributed by atoms with Gasteiger partial charge in [-0.25, -0.2) is 0 Å². The van der Waals surface area contributed by atoms with Gasteiger partial charge in [-0.2, -0.15) is 0 Å². The number of Topliss-reactive ketones (excluding diaryl/α,β-unsaturated/α-hetero) is 1. The molecule has 40 heavy (non-hydrogen) atoms. The van der Waals surface area contributed by atoms with Crippen molar-refractivity contribution in [3.05, 3.63) is 32.9 Å². The first-order valence-electron chi connectivity index (χ1n) is 13.7. The number of ether oxygens (including phenoxy) is 2. The zero-order valence-corrected chi connectivity index (χ0v) is 25.6. The summed E-state index contributed by atoms with van der Waals surface area (Å²) in [5.41, 5.74) is 0.715. The number of unbranched alkanes of at least 4 members (excludes halogenated alkanes) is 3. The molecule has 2 amide bonds. The Labute approximate surface area is 249 Å². The Morgan fingerprint density at radius 3 is 2.55 bits per heavy atom. The molecular weight excluding hydrogens is 631 g/mol. The molecule has 0 aromatic heterocycles. The molecule has 0 bridgehead atoms. The SMILES string of the molecule is CCCCCCN(C(=O)CCCC(C)=O)C1CC(C(=O)NCCO)=CC(Oc2c(I)cc(C=O)cc2OC)C1O. The van der Waals surface area contributed by atoms with E-state index >= 15 is 0 Å². The molecule has 0 saturated heterocycles. The van der Waals surface area contributed by atoms with E-state index in [9.17, 15) is 29.4 Å². The van der Waals surface area contributed by atoms with Gasteiger partial charge < -0.3 is 34.7 Å². The maximum atomic E-state index is 13.4. The van der Waals surface area contributed by atoms with Crippen LogP contribution in [0.5, 0.6) is 11.5 Å². The molecule has 2 rings (SSSR count). The minimum Gasteiger partial charge on any atom is -0.493 e. The molecule has 1 aromatic rings. The van der Waals surface area contributed by atoms with Crippen LogP contribution < -0.4 is 14.8 Å². The fourth-order valence-electron chi connectivity index (χ4n) is 4.65. The quantitative estimate of drug-likeness (QED) is 0.130. The third kappa shape index (κ3) is 9.84. The largest absolute Gasteiger partial charge is 0.493 e. The third-order valence-corrected chi connectivity index (χ3v) is 7.55. The molecule has 222 valence electrons. The topological polar surface area (TPSA) is 142 Å². The number of aldehydes is 1. The summed E-state index contributed by atoms with van der Waals surface area (Å²) in [5, 5.41) is 23.4. The van der Waals surface area contributed by atoms with Gasteiger partial charge in [0.05, 0.1) is 23.3 Å². The number of nitrogens with zero attached hydrogens (tertiary/aromatic N) is 1. The Morgan fingerprint density at radius 1 is 1.18 bits per heavy atom. The number of halogens is 1. The highest BCUT2D eigenvalue weighted by Gasteiger charge is 2.40. The Bertz CT molecular complexity index is 1060. The highest BCUT2D eigenvalue weighted by molar-refractivity contribution is 14.1. The normalized spacial score (nSPS) is 18.4. The number of rotatable bonds is 17. The fourth-order valence-corrected chi connectivity index (χ4v) is 5.41. The molecule has 0 aliphatic heterocycles. The van der Waals surface area contributed by atoms with E-state index in [4.69, 9.17) is 9.47 Å². The number of amides is 2. The van der Waals surface area contributed by atoms with Gasteiger partial charge in [-0.05, 0) is 60.6 Å². The molecule has 0 fully saturated rings. The van der Waals surface area contributed by atoms with Gasteiger partial charge in [0, 0.05) is 43.5 Å². The summed E-state index contributed by atoms with van der Waals surface area (Å²) in [6.45, 7) is 3.80. The van der Waals surface area contributed by atoms with Crippen molar-refractivity contribution in [2.24, 2.45) is 0 Å². The molecule has 0 saturated carbocycles. The molecule has 1 aliphatic rings. The molecule has 11 heteroatoms. The predicted octanol–water partition coefficient (Wildman–Crippen LogP) is 3.20. The average Bonchev–Trinajstić information content (AvgIpc) is 2.93. The van der Waals surface area contributed by atoms with Crippen LogP contribution in [-0.2, 0) is 14.4 Å². The van der Waals surface area contributed by atoms with Crippen molar-refractivity contribution in [3.63, 3.8) is 0 Å². The minimum atomic E-state index is -1.18. The minimum absolute atomic E-state index is 0.00313. The van der Waals surface area contributed by atoms with Gasteiger partial charge in [-0.15, -0.1) is 0 Å². The number of carbonyl (C=O) groups excluding carboxylic acids is 4. The molecule has 0 heterocycles. The van der Waals surface area contributed by atoms with Crippen LogP contribution >= 0.6 is 22.6 Å². The van der Waals surface area contributed by atoms with E-state index in [1.165, 1.54) is 26.2 Å². The lowest BCUT2D eigenvalue weighted by atomic mass is 9.87. The van der Waals surface area contributed by atoms with E-state index in [1.807, 2.05) is 22.6 Å². The number of methoxy groups -OCH3 is 1. The lowest BCUT2D eigenvalue weighted by molar-refractivity contribution is -0.138. The first-order chi connectivity index (χ1) is 19.2. The van der Waals surface area contributed by atoms with Crippen LogP contribution in [0, 0.1) is 3.57 Å². The second-order valence-electron chi connectivity index (χ2n) is 9.87. The zero-order valence-electron chi connectivity index (χ0n) is 23.5. The molecule has 1 aliphatic carbocycles. The van der Waals surface area contributed by atoms with Gasteiger partial charge in [0.15, 0.2) is 11.5 Å². The van der Waals surface area contributed by atoms with Gasteiger partial charge >= 0.3 is 0 Å². The molecule has 0 radical (unpaired) electrons. The van der Waals surface area contributed by atoms with E-state index in [-0.39, 0.29) is 44.1 Å². The Balaban J connectivity index is 2.45. The van der Waals surface area contributed by atoms with Crippen molar-refractivity contribution in [1.82, 2.24) is 10.2 Å². The smallest absolute Gasteiger partial charge is 0.247 e. The molecule has 3 unspecified atom stereocenters. The second kappa shape index (κ2) is 17.3. The van der Waals surface area contributed by atoms with Gasteiger partial charge in [0.1, 0.15) is 24.3 Å². The Kier molecular flexibility index (Phi) is 14.6. The molecule has 1 aromatic carbocycles. The van der Waals surface area contributed by atoms with Crippen LogP contribution in [0.25, 0.3) is 0 Å². The van der Waals surface area contributed by atoms with E-state index in [0.717, 1.165) is 25.7 Å². The third-order valence-electron chi connectivity index (χ3n) is 6.75. The molecule has 10 nitrogen and oxygen atoms in total. The summed E-state index contributed by atoms with van der Waals surface area (Å²) >= 11 is 2.01. The number of benzene rings is 1. The number of aliphatic hydroxyl groups is 2. The average molecular weight is 673 g/mol. The standard InChI is InChI=1S/C29H41IN2O8/c1-4-5-6-7-12-32(26(36)10-8-9-19(2)35)23-16-21(29(38)31-11-13-33)17-24(27(23)37)40-28-22(30)14-20(18-34)15-25(28)39-3/h14-15,17-18,23-24,27,33,37H,4-13,16H2,1-3H3,(H,31,38). The Morgan fingerprint density at radius 2 is 1.93 bits per heavy atom. The highest BCUT2D eigenvalue weighted by atomic mass is 127. The maximum absolute atomic E-state index is 13.4.